The van der Waals surface area contributed by atoms with Crippen LogP contribution in [0.15, 0.2) is 48.5 Å². The number of hydrogen-bond acceptors (Lipinski definition) is 2. The summed E-state index contributed by atoms with van der Waals surface area (Å²) in [5.41, 5.74) is 1.56. The fraction of sp³-hybridized carbons (Fsp3) is 0.278. The second-order valence-corrected chi connectivity index (χ2v) is 6.56. The molecule has 0 unspecified atom stereocenters. The number of anilines is 1. The summed E-state index contributed by atoms with van der Waals surface area (Å²) in [6, 6.07) is 14.5. The third kappa shape index (κ3) is 4.23. The molecule has 0 atom stereocenters. The van der Waals surface area contributed by atoms with E-state index < -0.39 is 0 Å². The molecule has 1 heterocycles. The summed E-state index contributed by atoms with van der Waals surface area (Å²) in [5.74, 6) is -0.294. The quantitative estimate of drug-likeness (QED) is 0.830. The highest BCUT2D eigenvalue weighted by Gasteiger charge is 2.20. The topological polar surface area (TPSA) is 18.5 Å². The molecule has 1 fully saturated rings. The fourth-order valence-corrected chi connectivity index (χ4v) is 3.22. The van der Waals surface area contributed by atoms with Crippen LogP contribution in [0.4, 0.5) is 10.1 Å². The van der Waals surface area contributed by atoms with Gasteiger partial charge in [-0.3, -0.25) is 4.90 Å². The molecule has 0 bridgehead atoms. The van der Waals surface area contributed by atoms with Gasteiger partial charge in [0.05, 0.1) is 5.69 Å². The van der Waals surface area contributed by atoms with Gasteiger partial charge in [-0.05, 0) is 36.0 Å². The Bertz CT molecular complexity index is 717. The van der Waals surface area contributed by atoms with E-state index >= 15 is 0 Å². The predicted octanol–water partition coefficient (Wildman–Crippen LogP) is 3.99. The number of benzene rings is 2. The summed E-state index contributed by atoms with van der Waals surface area (Å²) in [7, 11) is 0. The van der Waals surface area contributed by atoms with Crippen LogP contribution >= 0.6 is 23.8 Å². The zero-order valence-electron chi connectivity index (χ0n) is 13.2. The lowest BCUT2D eigenvalue weighted by atomic mass is 10.2. The summed E-state index contributed by atoms with van der Waals surface area (Å²) in [6.07, 6.45) is 0. The van der Waals surface area contributed by atoms with Crippen molar-refractivity contribution in [2.45, 2.75) is 6.54 Å². The van der Waals surface area contributed by atoms with Crippen molar-refractivity contribution >= 4 is 34.6 Å². The maximum Gasteiger partial charge on any atom is 0.173 e. The van der Waals surface area contributed by atoms with Crippen LogP contribution in [-0.2, 0) is 6.54 Å². The van der Waals surface area contributed by atoms with Gasteiger partial charge in [0, 0.05) is 37.7 Å². The average molecular weight is 364 g/mol. The number of rotatable bonds is 3. The first kappa shape index (κ1) is 17.1. The number of thiocarbonyl (C=S) groups is 1. The van der Waals surface area contributed by atoms with Gasteiger partial charge in [-0.25, -0.2) is 4.39 Å². The molecule has 0 spiro atoms. The smallest absolute Gasteiger partial charge is 0.173 e. The van der Waals surface area contributed by atoms with Crippen molar-refractivity contribution in [2.75, 3.05) is 31.5 Å². The first-order chi connectivity index (χ1) is 11.6. The number of piperazine rings is 1. The average Bonchev–Trinajstić information content (AvgIpc) is 2.59. The van der Waals surface area contributed by atoms with E-state index in [1.165, 1.54) is 6.07 Å². The van der Waals surface area contributed by atoms with Gasteiger partial charge in [0.15, 0.2) is 5.11 Å². The van der Waals surface area contributed by atoms with Crippen molar-refractivity contribution in [3.8, 4) is 0 Å². The third-order valence-corrected chi connectivity index (χ3v) is 4.86. The van der Waals surface area contributed by atoms with E-state index in [4.69, 9.17) is 23.8 Å². The second kappa shape index (κ2) is 7.92. The molecule has 2 aromatic rings. The number of nitrogens with zero attached hydrogens (tertiary/aromatic N) is 2. The molecule has 0 radical (unpaired) electrons. The van der Waals surface area contributed by atoms with Gasteiger partial charge in [-0.1, -0.05) is 41.9 Å². The molecule has 24 heavy (non-hydrogen) atoms. The van der Waals surface area contributed by atoms with Crippen LogP contribution < -0.4 is 5.32 Å². The van der Waals surface area contributed by atoms with Crippen molar-refractivity contribution in [3.05, 3.63) is 64.9 Å². The molecular formula is C18H19ClFN3S. The lowest BCUT2D eigenvalue weighted by molar-refractivity contribution is 0.177. The van der Waals surface area contributed by atoms with Crippen LogP contribution in [-0.4, -0.2) is 41.1 Å². The van der Waals surface area contributed by atoms with Gasteiger partial charge < -0.3 is 10.2 Å². The number of hydrogen-bond donors (Lipinski definition) is 1. The van der Waals surface area contributed by atoms with Crippen LogP contribution in [0, 0.1) is 5.82 Å². The van der Waals surface area contributed by atoms with Crippen LogP contribution in [0.3, 0.4) is 0 Å². The van der Waals surface area contributed by atoms with E-state index in [-0.39, 0.29) is 5.82 Å². The standard InChI is InChI=1S/C18H19ClFN3S/c19-15-6-2-1-5-14(15)13-22-9-11-23(12-10-22)18(24)21-17-8-4-3-7-16(17)20/h1-8H,9-13H2,(H,21,24). The van der Waals surface area contributed by atoms with E-state index in [2.05, 4.69) is 21.2 Å². The van der Waals surface area contributed by atoms with Gasteiger partial charge in [0.25, 0.3) is 0 Å². The van der Waals surface area contributed by atoms with Gasteiger partial charge >= 0.3 is 0 Å². The summed E-state index contributed by atoms with van der Waals surface area (Å²) in [4.78, 5) is 4.42. The Morgan fingerprint density at radius 1 is 1.04 bits per heavy atom. The molecule has 1 saturated heterocycles. The molecule has 3 rings (SSSR count). The Morgan fingerprint density at radius 3 is 2.42 bits per heavy atom. The zero-order chi connectivity index (χ0) is 16.9. The highest BCUT2D eigenvalue weighted by atomic mass is 35.5. The highest BCUT2D eigenvalue weighted by molar-refractivity contribution is 7.80. The first-order valence-electron chi connectivity index (χ1n) is 7.90. The normalized spacial score (nSPS) is 15.3. The van der Waals surface area contributed by atoms with Gasteiger partial charge in [-0.15, -0.1) is 0 Å². The molecule has 0 saturated carbocycles. The molecule has 1 aliphatic heterocycles. The van der Waals surface area contributed by atoms with Crippen LogP contribution in [0.2, 0.25) is 5.02 Å². The molecule has 2 aromatic carbocycles. The number of halogens is 2. The van der Waals surface area contributed by atoms with Gasteiger partial charge in [0.1, 0.15) is 5.82 Å². The Labute approximate surface area is 152 Å². The minimum absolute atomic E-state index is 0.294. The van der Waals surface area contributed by atoms with E-state index in [1.54, 1.807) is 18.2 Å². The van der Waals surface area contributed by atoms with Gasteiger partial charge in [-0.2, -0.15) is 0 Å². The first-order valence-corrected chi connectivity index (χ1v) is 8.68. The second-order valence-electron chi connectivity index (χ2n) is 5.76. The monoisotopic (exact) mass is 363 g/mol. The third-order valence-electron chi connectivity index (χ3n) is 4.13. The molecule has 3 nitrogen and oxygen atoms in total. The van der Waals surface area contributed by atoms with E-state index in [0.29, 0.717) is 10.8 Å². The Kier molecular flexibility index (Phi) is 5.66. The zero-order valence-corrected chi connectivity index (χ0v) is 14.8. The molecular weight excluding hydrogens is 345 g/mol. The fourth-order valence-electron chi connectivity index (χ4n) is 2.73. The largest absolute Gasteiger partial charge is 0.346 e. The molecule has 6 heteroatoms. The van der Waals surface area contributed by atoms with Crippen molar-refractivity contribution in [1.29, 1.82) is 0 Å². The SMILES string of the molecule is Fc1ccccc1NC(=S)N1CCN(Cc2ccccc2Cl)CC1. The summed E-state index contributed by atoms with van der Waals surface area (Å²) < 4.78 is 13.7. The van der Waals surface area contributed by atoms with Crippen LogP contribution in [0.1, 0.15) is 5.56 Å². The van der Waals surface area contributed by atoms with E-state index in [1.807, 2.05) is 18.2 Å². The van der Waals surface area contributed by atoms with E-state index in [0.717, 1.165) is 43.3 Å². The van der Waals surface area contributed by atoms with Crippen molar-refractivity contribution in [2.24, 2.45) is 0 Å². The molecule has 0 aliphatic carbocycles. The Balaban J connectivity index is 1.52. The van der Waals surface area contributed by atoms with Gasteiger partial charge in [0.2, 0.25) is 0 Å². The highest BCUT2D eigenvalue weighted by Crippen LogP contribution is 2.18. The molecule has 1 aliphatic rings. The lowest BCUT2D eigenvalue weighted by Crippen LogP contribution is -2.49. The maximum absolute atomic E-state index is 13.7. The lowest BCUT2D eigenvalue weighted by Gasteiger charge is -2.36. The van der Waals surface area contributed by atoms with Crippen molar-refractivity contribution < 1.29 is 4.39 Å². The number of para-hydroxylation sites is 1. The van der Waals surface area contributed by atoms with Crippen molar-refractivity contribution in [1.82, 2.24) is 9.80 Å². The van der Waals surface area contributed by atoms with E-state index in [9.17, 15) is 4.39 Å². The Hall–Kier alpha value is -1.69. The predicted molar refractivity (Wildman–Crippen MR) is 101 cm³/mol. The molecule has 1 N–H and O–H groups in total. The molecule has 126 valence electrons. The minimum Gasteiger partial charge on any atom is -0.346 e. The molecule has 0 amide bonds. The van der Waals surface area contributed by atoms with Crippen molar-refractivity contribution in [3.63, 3.8) is 0 Å². The Morgan fingerprint density at radius 2 is 1.71 bits per heavy atom. The van der Waals surface area contributed by atoms with Crippen LogP contribution in [0.5, 0.6) is 0 Å². The number of nitrogens with one attached hydrogen (secondary N) is 1. The summed E-state index contributed by atoms with van der Waals surface area (Å²) in [6.45, 7) is 4.24. The maximum atomic E-state index is 13.7. The summed E-state index contributed by atoms with van der Waals surface area (Å²) >= 11 is 11.6. The summed E-state index contributed by atoms with van der Waals surface area (Å²) in [5, 5.41) is 4.37. The minimum atomic E-state index is -0.294. The molecule has 0 aromatic heterocycles. The van der Waals surface area contributed by atoms with Crippen LogP contribution in [0.25, 0.3) is 0 Å².